The number of rotatable bonds is 9. The van der Waals surface area contributed by atoms with Crippen LogP contribution in [-0.2, 0) is 0 Å². The van der Waals surface area contributed by atoms with Crippen molar-refractivity contribution in [3.8, 4) is 22.8 Å². The summed E-state index contributed by atoms with van der Waals surface area (Å²) in [6, 6.07) is 16.7. The van der Waals surface area contributed by atoms with Crippen LogP contribution in [0.1, 0.15) is 39.0 Å². The molecular weight excluding hydrogens is 416 g/mol. The number of aromatic nitrogens is 1. The predicted octanol–water partition coefficient (Wildman–Crippen LogP) is 6.67. The molecule has 1 fully saturated rings. The van der Waals surface area contributed by atoms with Crippen LogP contribution in [0, 0.1) is 0 Å². The quantitative estimate of drug-likeness (QED) is 0.340. The van der Waals surface area contributed by atoms with Gasteiger partial charge in [-0.3, -0.25) is 4.90 Å². The molecule has 5 heteroatoms. The summed E-state index contributed by atoms with van der Waals surface area (Å²) in [7, 11) is 0. The van der Waals surface area contributed by atoms with Crippen molar-refractivity contribution in [1.29, 1.82) is 0 Å². The van der Waals surface area contributed by atoms with Gasteiger partial charge in [-0.2, -0.15) is 0 Å². The van der Waals surface area contributed by atoms with E-state index in [0.29, 0.717) is 6.61 Å². The van der Waals surface area contributed by atoms with Gasteiger partial charge in [0.25, 0.3) is 0 Å². The summed E-state index contributed by atoms with van der Waals surface area (Å²) in [6.45, 7) is 6.91. The molecule has 1 aromatic heterocycles. The monoisotopic (exact) mass is 450 g/mol. The van der Waals surface area contributed by atoms with E-state index in [1.807, 2.05) is 12.1 Å². The molecule has 0 saturated carbocycles. The lowest BCUT2D eigenvalue weighted by Crippen LogP contribution is -2.29. The maximum absolute atomic E-state index is 6.39. The van der Waals surface area contributed by atoms with Gasteiger partial charge in [0.2, 0.25) is 0 Å². The van der Waals surface area contributed by atoms with Gasteiger partial charge in [0.05, 0.1) is 17.8 Å². The number of nitrogens with zero attached hydrogens (tertiary/aromatic N) is 2. The Kier molecular flexibility index (Phi) is 8.30. The summed E-state index contributed by atoms with van der Waals surface area (Å²) in [5, 5.41) is 1.08. The summed E-state index contributed by atoms with van der Waals surface area (Å²) in [6.07, 6.45) is 8.43. The van der Waals surface area contributed by atoms with Gasteiger partial charge >= 0.3 is 0 Å². The van der Waals surface area contributed by atoms with Crippen LogP contribution in [0.2, 0.25) is 0 Å². The van der Waals surface area contributed by atoms with Gasteiger partial charge in [-0.25, -0.2) is 4.98 Å². The van der Waals surface area contributed by atoms with Gasteiger partial charge in [-0.05, 0) is 81.1 Å². The SMILES string of the molecule is CCCOc1ccc(-c2cc(OCCN3CCCCCC3)c3cc(SC)ccc3n2)cc1. The highest BCUT2D eigenvalue weighted by Crippen LogP contribution is 2.33. The first-order valence-corrected chi connectivity index (χ1v) is 13.1. The van der Waals surface area contributed by atoms with E-state index in [1.165, 1.54) is 43.7 Å². The van der Waals surface area contributed by atoms with Gasteiger partial charge < -0.3 is 9.47 Å². The molecule has 0 N–H and O–H groups in total. The topological polar surface area (TPSA) is 34.6 Å². The molecule has 0 atom stereocenters. The van der Waals surface area contributed by atoms with E-state index in [9.17, 15) is 0 Å². The van der Waals surface area contributed by atoms with Crippen LogP contribution in [0.25, 0.3) is 22.2 Å². The Bertz CT molecular complexity index is 998. The van der Waals surface area contributed by atoms with Gasteiger partial charge in [0, 0.05) is 28.5 Å². The molecule has 0 bridgehead atoms. The van der Waals surface area contributed by atoms with Gasteiger partial charge in [0.15, 0.2) is 0 Å². The standard InChI is InChI=1S/C27H34N2O2S/c1-3-17-30-22-10-8-21(9-11-22)26-20-27(24-19-23(32-2)12-13-25(24)28-26)31-18-16-29-14-6-4-5-7-15-29/h8-13,19-20H,3-7,14-18H2,1-2H3. The number of benzene rings is 2. The number of thioether (sulfide) groups is 1. The second kappa shape index (κ2) is 11.6. The number of pyridine rings is 1. The van der Waals surface area contributed by atoms with Crippen LogP contribution in [0.4, 0.5) is 0 Å². The molecule has 2 heterocycles. The molecule has 1 saturated heterocycles. The van der Waals surface area contributed by atoms with Crippen LogP contribution >= 0.6 is 11.8 Å². The second-order valence-corrected chi connectivity index (χ2v) is 9.25. The van der Waals surface area contributed by atoms with Crippen molar-refractivity contribution < 1.29 is 9.47 Å². The van der Waals surface area contributed by atoms with Gasteiger partial charge in [-0.1, -0.05) is 19.8 Å². The molecule has 4 nitrogen and oxygen atoms in total. The zero-order valence-corrected chi connectivity index (χ0v) is 20.1. The van der Waals surface area contributed by atoms with Crippen molar-refractivity contribution in [2.24, 2.45) is 0 Å². The highest BCUT2D eigenvalue weighted by molar-refractivity contribution is 7.98. The minimum absolute atomic E-state index is 0.700. The molecule has 0 aliphatic carbocycles. The highest BCUT2D eigenvalue weighted by atomic mass is 32.2. The second-order valence-electron chi connectivity index (χ2n) is 8.37. The molecule has 1 aliphatic rings. The molecule has 170 valence electrons. The zero-order chi connectivity index (χ0) is 22.2. The van der Waals surface area contributed by atoms with Crippen LogP contribution in [0.15, 0.2) is 53.4 Å². The van der Waals surface area contributed by atoms with Crippen molar-refractivity contribution in [3.63, 3.8) is 0 Å². The zero-order valence-electron chi connectivity index (χ0n) is 19.3. The maximum Gasteiger partial charge on any atom is 0.130 e. The summed E-state index contributed by atoms with van der Waals surface area (Å²) in [5.41, 5.74) is 2.97. The summed E-state index contributed by atoms with van der Waals surface area (Å²) < 4.78 is 12.1. The predicted molar refractivity (Wildman–Crippen MR) is 135 cm³/mol. The highest BCUT2D eigenvalue weighted by Gasteiger charge is 2.12. The Morgan fingerprint density at radius 2 is 1.69 bits per heavy atom. The van der Waals surface area contributed by atoms with E-state index in [0.717, 1.165) is 53.2 Å². The third-order valence-corrected chi connectivity index (χ3v) is 6.69. The van der Waals surface area contributed by atoms with E-state index >= 15 is 0 Å². The van der Waals surface area contributed by atoms with Gasteiger partial charge in [0.1, 0.15) is 18.1 Å². The Morgan fingerprint density at radius 3 is 2.41 bits per heavy atom. The number of fused-ring (bicyclic) bond motifs is 1. The summed E-state index contributed by atoms with van der Waals surface area (Å²) in [5.74, 6) is 1.82. The van der Waals surface area contributed by atoms with Crippen molar-refractivity contribution in [2.45, 2.75) is 43.9 Å². The van der Waals surface area contributed by atoms with Crippen molar-refractivity contribution in [1.82, 2.24) is 9.88 Å². The molecule has 1 aliphatic heterocycles. The normalized spacial score (nSPS) is 14.9. The van der Waals surface area contributed by atoms with E-state index in [-0.39, 0.29) is 0 Å². The molecule has 4 rings (SSSR count). The lowest BCUT2D eigenvalue weighted by molar-refractivity contribution is 0.215. The van der Waals surface area contributed by atoms with E-state index in [4.69, 9.17) is 14.5 Å². The molecule has 2 aromatic carbocycles. The smallest absolute Gasteiger partial charge is 0.130 e. The average Bonchev–Trinajstić information content (AvgIpc) is 3.11. The minimum Gasteiger partial charge on any atom is -0.494 e. The molecule has 0 unspecified atom stereocenters. The first kappa shape index (κ1) is 22.9. The Labute approximate surface area is 196 Å². The van der Waals surface area contributed by atoms with Crippen molar-refractivity contribution in [2.75, 3.05) is 39.1 Å². The van der Waals surface area contributed by atoms with Gasteiger partial charge in [-0.15, -0.1) is 11.8 Å². The molecule has 0 amide bonds. The lowest BCUT2D eigenvalue weighted by Gasteiger charge is -2.20. The number of hydrogen-bond donors (Lipinski definition) is 0. The van der Waals surface area contributed by atoms with Crippen molar-refractivity contribution >= 4 is 22.7 Å². The van der Waals surface area contributed by atoms with Crippen LogP contribution < -0.4 is 9.47 Å². The van der Waals surface area contributed by atoms with Crippen LogP contribution in [-0.4, -0.2) is 49.0 Å². The Hall–Kier alpha value is -2.24. The number of ether oxygens (including phenoxy) is 2. The van der Waals surface area contributed by atoms with Crippen LogP contribution in [0.3, 0.4) is 0 Å². The molecule has 32 heavy (non-hydrogen) atoms. The minimum atomic E-state index is 0.700. The molecule has 0 radical (unpaired) electrons. The average molecular weight is 451 g/mol. The fraction of sp³-hybridized carbons (Fsp3) is 0.444. The summed E-state index contributed by atoms with van der Waals surface area (Å²) >= 11 is 1.74. The third kappa shape index (κ3) is 5.96. The number of likely N-dealkylation sites (tertiary alicyclic amines) is 1. The Balaban J connectivity index is 1.57. The fourth-order valence-electron chi connectivity index (χ4n) is 4.15. The third-order valence-electron chi connectivity index (χ3n) is 5.96. The molecular formula is C27H34N2O2S. The van der Waals surface area contributed by atoms with Crippen molar-refractivity contribution in [3.05, 3.63) is 48.5 Å². The summed E-state index contributed by atoms with van der Waals surface area (Å²) in [4.78, 5) is 8.71. The Morgan fingerprint density at radius 1 is 0.906 bits per heavy atom. The lowest BCUT2D eigenvalue weighted by atomic mass is 10.1. The van der Waals surface area contributed by atoms with E-state index in [1.54, 1.807) is 11.8 Å². The number of hydrogen-bond acceptors (Lipinski definition) is 5. The first-order chi connectivity index (χ1) is 15.8. The van der Waals surface area contributed by atoms with E-state index in [2.05, 4.69) is 54.5 Å². The molecule has 0 spiro atoms. The first-order valence-electron chi connectivity index (χ1n) is 11.8. The maximum atomic E-state index is 6.39. The van der Waals surface area contributed by atoms with E-state index < -0.39 is 0 Å². The molecule has 3 aromatic rings. The van der Waals surface area contributed by atoms with Crippen LogP contribution in [0.5, 0.6) is 11.5 Å². The fourth-order valence-corrected chi connectivity index (χ4v) is 4.59. The largest absolute Gasteiger partial charge is 0.494 e.